The molecule has 5 heteroatoms. The van der Waals surface area contributed by atoms with Crippen molar-refractivity contribution in [1.82, 2.24) is 0 Å². The largest absolute Gasteiger partial charge is 0.464 e. The van der Waals surface area contributed by atoms with Gasteiger partial charge in [-0.3, -0.25) is 9.59 Å². The van der Waals surface area contributed by atoms with Crippen LogP contribution in [0, 0.1) is 0 Å². The highest BCUT2D eigenvalue weighted by atomic mass is 16.5. The van der Waals surface area contributed by atoms with E-state index in [-0.39, 0.29) is 24.2 Å². The molecule has 0 N–H and O–H groups in total. The Morgan fingerprint density at radius 2 is 1.91 bits per heavy atom. The minimum absolute atomic E-state index is 0.0898. The van der Waals surface area contributed by atoms with Crippen LogP contribution in [0.5, 0.6) is 0 Å². The number of carbonyl (C=O) groups is 2. The molecule has 0 fully saturated rings. The maximum atomic E-state index is 12.6. The van der Waals surface area contributed by atoms with E-state index in [1.807, 2.05) is 30.1 Å². The van der Waals surface area contributed by atoms with Gasteiger partial charge in [-0.25, -0.2) is 0 Å². The Morgan fingerprint density at radius 3 is 2.69 bits per heavy atom. The fourth-order valence-electron chi connectivity index (χ4n) is 5.10. The number of hydrogen-bond acceptors (Lipinski definition) is 5. The van der Waals surface area contributed by atoms with Gasteiger partial charge in [-0.05, 0) is 54.2 Å². The van der Waals surface area contributed by atoms with E-state index in [9.17, 15) is 9.59 Å². The number of anilines is 1. The van der Waals surface area contributed by atoms with Crippen LogP contribution in [0.3, 0.4) is 0 Å². The second-order valence-electron chi connectivity index (χ2n) is 9.27. The number of fused-ring (bicyclic) bond motifs is 3. The van der Waals surface area contributed by atoms with Gasteiger partial charge in [-0.15, -0.1) is 0 Å². The first-order valence-electron chi connectivity index (χ1n) is 11.1. The van der Waals surface area contributed by atoms with E-state index in [0.717, 1.165) is 47.2 Å². The number of aryl methyl sites for hydroxylation is 2. The topological polar surface area (TPSA) is 59.8 Å². The number of rotatable bonds is 5. The van der Waals surface area contributed by atoms with Gasteiger partial charge in [0.15, 0.2) is 12.4 Å². The smallest absolute Gasteiger partial charge is 0.310 e. The van der Waals surface area contributed by atoms with E-state index in [1.54, 1.807) is 12.3 Å². The fraction of sp³-hybridized carbons (Fsp3) is 0.333. The molecule has 0 saturated carbocycles. The summed E-state index contributed by atoms with van der Waals surface area (Å²) in [5.74, 6) is -0.654. The van der Waals surface area contributed by atoms with E-state index in [4.69, 9.17) is 9.15 Å². The number of esters is 1. The summed E-state index contributed by atoms with van der Waals surface area (Å²) in [5.41, 5.74) is 7.15. The number of hydrogen-bond donors (Lipinski definition) is 0. The number of para-hydroxylation sites is 1. The summed E-state index contributed by atoms with van der Waals surface area (Å²) >= 11 is 0. The van der Waals surface area contributed by atoms with Gasteiger partial charge in [0, 0.05) is 40.9 Å². The van der Waals surface area contributed by atoms with E-state index >= 15 is 0 Å². The third-order valence-electron chi connectivity index (χ3n) is 6.82. The summed E-state index contributed by atoms with van der Waals surface area (Å²) in [6.07, 6.45) is 6.62. The molecule has 32 heavy (non-hydrogen) atoms. The van der Waals surface area contributed by atoms with Gasteiger partial charge < -0.3 is 14.1 Å². The third kappa shape index (κ3) is 3.42. The van der Waals surface area contributed by atoms with E-state index < -0.39 is 5.97 Å². The average molecular weight is 430 g/mol. The molecule has 0 unspecified atom stereocenters. The van der Waals surface area contributed by atoms with Crippen LogP contribution in [0.4, 0.5) is 5.69 Å². The molecule has 0 atom stereocenters. The quantitative estimate of drug-likeness (QED) is 0.427. The molecule has 0 amide bonds. The zero-order valence-corrected chi connectivity index (χ0v) is 18.7. The molecule has 5 nitrogen and oxygen atoms in total. The molecule has 0 bridgehead atoms. The zero-order chi connectivity index (χ0) is 22.5. The maximum absolute atomic E-state index is 12.6. The summed E-state index contributed by atoms with van der Waals surface area (Å²) in [6.45, 7) is 3.93. The first-order chi connectivity index (χ1) is 15.3. The lowest BCUT2D eigenvalue weighted by molar-refractivity contribution is -0.146. The zero-order valence-electron chi connectivity index (χ0n) is 18.7. The SMILES string of the molecule is CN1/C(=C/C(=O)COC(=O)Cc2coc3cc4c(cc23)CCC4)C(C)(C)c2ccccc21. The molecule has 1 aliphatic heterocycles. The van der Waals surface area contributed by atoms with Crippen molar-refractivity contribution in [2.75, 3.05) is 18.6 Å². The normalized spacial score (nSPS) is 17.6. The van der Waals surface area contributed by atoms with Crippen LogP contribution < -0.4 is 4.90 Å². The summed E-state index contributed by atoms with van der Waals surface area (Å²) < 4.78 is 11.0. The van der Waals surface area contributed by atoms with Crippen molar-refractivity contribution in [2.24, 2.45) is 0 Å². The fourth-order valence-corrected chi connectivity index (χ4v) is 5.10. The molecule has 1 aromatic heterocycles. The van der Waals surface area contributed by atoms with Gasteiger partial charge in [-0.1, -0.05) is 32.0 Å². The number of furan rings is 1. The second kappa shape index (κ2) is 7.66. The Balaban J connectivity index is 1.25. The Bertz CT molecular complexity index is 1260. The standard InChI is InChI=1S/C27H27NO4/c1-27(2)22-9-4-5-10-23(22)28(3)25(27)14-20(29)16-32-26(30)13-19-15-31-24-12-18-8-6-7-17(18)11-21(19)24/h4-5,9-12,14-15H,6-8,13,16H2,1-3H3/b25-14+. The van der Waals surface area contributed by atoms with Crippen LogP contribution in [0.25, 0.3) is 11.0 Å². The lowest BCUT2D eigenvalue weighted by atomic mass is 9.83. The van der Waals surface area contributed by atoms with Crippen LogP contribution in [-0.2, 0) is 39.0 Å². The van der Waals surface area contributed by atoms with Crippen molar-refractivity contribution in [1.29, 1.82) is 0 Å². The van der Waals surface area contributed by atoms with Crippen LogP contribution in [-0.4, -0.2) is 25.4 Å². The summed E-state index contributed by atoms with van der Waals surface area (Å²) in [7, 11) is 1.96. The van der Waals surface area contributed by atoms with Gasteiger partial charge in [0.2, 0.25) is 0 Å². The van der Waals surface area contributed by atoms with Crippen LogP contribution in [0.15, 0.2) is 58.9 Å². The summed E-state index contributed by atoms with van der Waals surface area (Å²) in [5, 5.41) is 0.961. The highest BCUT2D eigenvalue weighted by molar-refractivity contribution is 5.95. The predicted molar refractivity (Wildman–Crippen MR) is 124 cm³/mol. The van der Waals surface area contributed by atoms with Crippen molar-refractivity contribution in [3.05, 3.63) is 76.7 Å². The van der Waals surface area contributed by atoms with Crippen LogP contribution >= 0.6 is 0 Å². The number of carbonyl (C=O) groups excluding carboxylic acids is 2. The predicted octanol–water partition coefficient (Wildman–Crippen LogP) is 4.89. The number of benzene rings is 2. The van der Waals surface area contributed by atoms with Crippen LogP contribution in [0.2, 0.25) is 0 Å². The Hall–Kier alpha value is -3.34. The van der Waals surface area contributed by atoms with Crippen molar-refractivity contribution in [3.63, 3.8) is 0 Å². The van der Waals surface area contributed by atoms with Crippen molar-refractivity contribution >= 4 is 28.4 Å². The molecule has 0 radical (unpaired) electrons. The number of likely N-dealkylation sites (N-methyl/N-ethyl adjacent to an activating group) is 1. The first-order valence-corrected chi connectivity index (χ1v) is 11.1. The molecule has 2 heterocycles. The van der Waals surface area contributed by atoms with Crippen molar-refractivity contribution in [2.45, 2.75) is 44.9 Å². The Morgan fingerprint density at radius 1 is 1.16 bits per heavy atom. The van der Waals surface area contributed by atoms with Gasteiger partial charge in [0.25, 0.3) is 0 Å². The lowest BCUT2D eigenvalue weighted by Crippen LogP contribution is -2.25. The lowest BCUT2D eigenvalue weighted by Gasteiger charge is -2.23. The third-order valence-corrected chi connectivity index (χ3v) is 6.82. The summed E-state index contributed by atoms with van der Waals surface area (Å²) in [6, 6.07) is 12.4. The molecule has 0 spiro atoms. The molecule has 2 aromatic carbocycles. The number of nitrogens with zero attached hydrogens (tertiary/aromatic N) is 1. The average Bonchev–Trinajstić information content (AvgIpc) is 3.44. The Labute approximate surface area is 187 Å². The molecule has 3 aromatic rings. The Kier molecular flexibility index (Phi) is 4.92. The number of allylic oxidation sites excluding steroid dienone is 1. The highest BCUT2D eigenvalue weighted by Crippen LogP contribution is 2.46. The monoisotopic (exact) mass is 429 g/mol. The minimum atomic E-state index is -0.428. The van der Waals surface area contributed by atoms with E-state index in [0.29, 0.717) is 0 Å². The molecule has 5 rings (SSSR count). The molecular formula is C27H27NO4. The van der Waals surface area contributed by atoms with E-state index in [1.165, 1.54) is 16.7 Å². The van der Waals surface area contributed by atoms with Gasteiger partial charge in [0.1, 0.15) is 5.58 Å². The molecule has 0 saturated heterocycles. The first kappa shape index (κ1) is 20.6. The van der Waals surface area contributed by atoms with Gasteiger partial charge in [-0.2, -0.15) is 0 Å². The van der Waals surface area contributed by atoms with Crippen LogP contribution in [0.1, 0.15) is 42.5 Å². The summed E-state index contributed by atoms with van der Waals surface area (Å²) in [4.78, 5) is 27.1. The van der Waals surface area contributed by atoms with E-state index in [2.05, 4.69) is 32.0 Å². The number of ether oxygens (including phenoxy) is 1. The van der Waals surface area contributed by atoms with Gasteiger partial charge in [0.05, 0.1) is 12.7 Å². The highest BCUT2D eigenvalue weighted by Gasteiger charge is 2.38. The minimum Gasteiger partial charge on any atom is -0.464 e. The number of ketones is 1. The molecule has 2 aliphatic rings. The molecule has 1 aliphatic carbocycles. The molecular weight excluding hydrogens is 402 g/mol. The van der Waals surface area contributed by atoms with Crippen molar-refractivity contribution in [3.8, 4) is 0 Å². The molecule has 164 valence electrons. The maximum Gasteiger partial charge on any atom is 0.310 e. The second-order valence-corrected chi connectivity index (χ2v) is 9.27. The van der Waals surface area contributed by atoms with Crippen molar-refractivity contribution < 1.29 is 18.7 Å². The van der Waals surface area contributed by atoms with Gasteiger partial charge >= 0.3 is 5.97 Å².